The highest BCUT2D eigenvalue weighted by Crippen LogP contribution is 2.25. The minimum Gasteiger partial charge on any atom is -0.355 e. The Morgan fingerprint density at radius 2 is 1.79 bits per heavy atom. The van der Waals surface area contributed by atoms with Gasteiger partial charge in [0, 0.05) is 36.1 Å². The SMILES string of the molecule is CCNC(=O)[C@H](C)N(Cc1ccc(Cl)cc1Cl)C(=O)CCCN(c1ccccc1C)S(C)(=O)=O. The molecule has 0 fully saturated rings. The van der Waals surface area contributed by atoms with E-state index in [9.17, 15) is 18.0 Å². The lowest BCUT2D eigenvalue weighted by Crippen LogP contribution is -2.47. The van der Waals surface area contributed by atoms with E-state index in [1.54, 1.807) is 44.2 Å². The van der Waals surface area contributed by atoms with E-state index >= 15 is 0 Å². The van der Waals surface area contributed by atoms with E-state index in [-0.39, 0.29) is 37.7 Å². The summed E-state index contributed by atoms with van der Waals surface area (Å²) in [4.78, 5) is 27.2. The van der Waals surface area contributed by atoms with Gasteiger partial charge in [-0.05, 0) is 56.5 Å². The normalized spacial score (nSPS) is 12.2. The predicted molar refractivity (Wildman–Crippen MR) is 138 cm³/mol. The van der Waals surface area contributed by atoms with Crippen LogP contribution in [0.2, 0.25) is 10.0 Å². The van der Waals surface area contributed by atoms with Gasteiger partial charge in [-0.15, -0.1) is 0 Å². The molecule has 0 bridgehead atoms. The molecule has 2 aromatic carbocycles. The van der Waals surface area contributed by atoms with Crippen molar-refractivity contribution in [3.8, 4) is 0 Å². The van der Waals surface area contributed by atoms with E-state index < -0.39 is 16.1 Å². The number of carbonyl (C=O) groups excluding carboxylic acids is 2. The molecule has 0 radical (unpaired) electrons. The van der Waals surface area contributed by atoms with Crippen molar-refractivity contribution < 1.29 is 18.0 Å². The van der Waals surface area contributed by atoms with Gasteiger partial charge in [-0.1, -0.05) is 47.5 Å². The Hall–Kier alpha value is -2.29. The van der Waals surface area contributed by atoms with Crippen LogP contribution in [0.4, 0.5) is 5.69 Å². The molecule has 1 N–H and O–H groups in total. The molecule has 0 aliphatic carbocycles. The van der Waals surface area contributed by atoms with Crippen LogP contribution < -0.4 is 9.62 Å². The highest BCUT2D eigenvalue weighted by molar-refractivity contribution is 7.92. The monoisotopic (exact) mass is 527 g/mol. The minimum absolute atomic E-state index is 0.0624. The molecule has 0 spiro atoms. The van der Waals surface area contributed by atoms with Gasteiger partial charge in [0.25, 0.3) is 0 Å². The van der Waals surface area contributed by atoms with Gasteiger partial charge in [-0.25, -0.2) is 8.42 Å². The number of carbonyl (C=O) groups is 2. The topological polar surface area (TPSA) is 86.8 Å². The van der Waals surface area contributed by atoms with Gasteiger partial charge in [0.15, 0.2) is 0 Å². The van der Waals surface area contributed by atoms with Crippen LogP contribution in [0.5, 0.6) is 0 Å². The molecule has 2 amide bonds. The zero-order chi connectivity index (χ0) is 25.5. The van der Waals surface area contributed by atoms with Gasteiger partial charge in [0.1, 0.15) is 6.04 Å². The van der Waals surface area contributed by atoms with Gasteiger partial charge >= 0.3 is 0 Å². The van der Waals surface area contributed by atoms with Gasteiger partial charge in [0.05, 0.1) is 11.9 Å². The third kappa shape index (κ3) is 7.61. The van der Waals surface area contributed by atoms with Crippen molar-refractivity contribution in [3.05, 3.63) is 63.6 Å². The maximum Gasteiger partial charge on any atom is 0.242 e. The third-order valence-corrected chi connectivity index (χ3v) is 7.18. The fraction of sp³-hybridized carbons (Fsp3) is 0.417. The molecule has 2 aromatic rings. The van der Waals surface area contributed by atoms with Crippen molar-refractivity contribution in [3.63, 3.8) is 0 Å². The fourth-order valence-corrected chi connectivity index (χ4v) is 5.05. The number of aryl methyl sites for hydroxylation is 1. The van der Waals surface area contributed by atoms with Crippen LogP contribution >= 0.6 is 23.2 Å². The van der Waals surface area contributed by atoms with Gasteiger partial charge < -0.3 is 10.2 Å². The molecule has 0 unspecified atom stereocenters. The number of sulfonamides is 1. The molecule has 34 heavy (non-hydrogen) atoms. The van der Waals surface area contributed by atoms with E-state index in [0.717, 1.165) is 11.8 Å². The average molecular weight is 529 g/mol. The maximum absolute atomic E-state index is 13.2. The lowest BCUT2D eigenvalue weighted by atomic mass is 10.1. The number of likely N-dealkylation sites (N-methyl/N-ethyl adjacent to an activating group) is 1. The van der Waals surface area contributed by atoms with E-state index in [1.165, 1.54) is 9.21 Å². The Morgan fingerprint density at radius 3 is 2.38 bits per heavy atom. The van der Waals surface area contributed by atoms with E-state index in [4.69, 9.17) is 23.2 Å². The highest BCUT2D eigenvalue weighted by Gasteiger charge is 2.27. The summed E-state index contributed by atoms with van der Waals surface area (Å²) < 4.78 is 26.2. The van der Waals surface area contributed by atoms with Crippen molar-refractivity contribution >= 4 is 50.7 Å². The summed E-state index contributed by atoms with van der Waals surface area (Å²) in [5.41, 5.74) is 2.06. The van der Waals surface area contributed by atoms with Crippen LogP contribution in [0.3, 0.4) is 0 Å². The minimum atomic E-state index is -3.54. The lowest BCUT2D eigenvalue weighted by Gasteiger charge is -2.30. The Kier molecular flexibility index (Phi) is 10.2. The number of halogens is 2. The molecule has 1 atom stereocenters. The molecule has 10 heteroatoms. The molecular weight excluding hydrogens is 497 g/mol. The Morgan fingerprint density at radius 1 is 1.12 bits per heavy atom. The molecule has 0 aliphatic rings. The van der Waals surface area contributed by atoms with E-state index in [2.05, 4.69) is 5.32 Å². The molecular formula is C24H31Cl2N3O4S. The van der Waals surface area contributed by atoms with E-state index in [0.29, 0.717) is 27.8 Å². The standard InChI is InChI=1S/C24H31Cl2N3O4S/c1-5-27-24(31)18(3)28(16-19-12-13-20(25)15-21(19)26)23(30)11-8-14-29(34(4,32)33)22-10-7-6-9-17(22)2/h6-7,9-10,12-13,15,18H,5,8,11,14,16H2,1-4H3,(H,27,31)/t18-/m0/s1. The first-order valence-electron chi connectivity index (χ1n) is 11.0. The largest absolute Gasteiger partial charge is 0.355 e. The smallest absolute Gasteiger partial charge is 0.242 e. The number of hydrogen-bond donors (Lipinski definition) is 1. The van der Waals surface area contributed by atoms with Crippen LogP contribution in [0.1, 0.15) is 37.8 Å². The quantitative estimate of drug-likeness (QED) is 0.469. The molecule has 7 nitrogen and oxygen atoms in total. The van der Waals surface area contributed by atoms with Crippen molar-refractivity contribution in [2.75, 3.05) is 23.7 Å². The number of amides is 2. The molecule has 0 saturated carbocycles. The average Bonchev–Trinajstić information content (AvgIpc) is 2.75. The Bertz CT molecular complexity index is 1120. The van der Waals surface area contributed by atoms with Crippen LogP contribution in [-0.4, -0.2) is 50.5 Å². The molecule has 0 aromatic heterocycles. The number of nitrogens with zero attached hydrogens (tertiary/aromatic N) is 2. The van der Waals surface area contributed by atoms with Crippen LogP contribution in [0, 0.1) is 6.92 Å². The summed E-state index contributed by atoms with van der Waals surface area (Å²) >= 11 is 12.3. The highest BCUT2D eigenvalue weighted by atomic mass is 35.5. The second-order valence-electron chi connectivity index (χ2n) is 8.05. The number of para-hydroxylation sites is 1. The first kappa shape index (κ1) is 28.0. The molecule has 0 saturated heterocycles. The van der Waals surface area contributed by atoms with Crippen molar-refractivity contribution in [2.45, 2.75) is 46.2 Å². The second-order valence-corrected chi connectivity index (χ2v) is 10.8. The summed E-state index contributed by atoms with van der Waals surface area (Å²) in [7, 11) is -3.54. The number of anilines is 1. The third-order valence-electron chi connectivity index (χ3n) is 5.41. The van der Waals surface area contributed by atoms with Crippen LogP contribution in [-0.2, 0) is 26.2 Å². The van der Waals surface area contributed by atoms with Gasteiger partial charge in [-0.3, -0.25) is 13.9 Å². The van der Waals surface area contributed by atoms with Gasteiger partial charge in [-0.2, -0.15) is 0 Å². The zero-order valence-corrected chi connectivity index (χ0v) is 22.2. The number of rotatable bonds is 11. The summed E-state index contributed by atoms with van der Waals surface area (Å²) in [5, 5.41) is 3.61. The lowest BCUT2D eigenvalue weighted by molar-refractivity contribution is -0.140. The number of hydrogen-bond acceptors (Lipinski definition) is 4. The Labute approximate surface area is 212 Å². The van der Waals surface area contributed by atoms with Crippen LogP contribution in [0.15, 0.2) is 42.5 Å². The van der Waals surface area contributed by atoms with Crippen molar-refractivity contribution in [1.82, 2.24) is 10.2 Å². The first-order valence-corrected chi connectivity index (χ1v) is 13.6. The second kappa shape index (κ2) is 12.4. The summed E-state index contributed by atoms with van der Waals surface area (Å²) in [6.07, 6.45) is 1.49. The number of benzene rings is 2. The molecule has 0 aliphatic heterocycles. The van der Waals surface area contributed by atoms with Crippen molar-refractivity contribution in [1.29, 1.82) is 0 Å². The summed E-state index contributed by atoms with van der Waals surface area (Å²) in [6, 6.07) is 11.4. The Balaban J connectivity index is 2.20. The molecule has 2 rings (SSSR count). The zero-order valence-electron chi connectivity index (χ0n) is 19.8. The first-order chi connectivity index (χ1) is 16.0. The summed E-state index contributed by atoms with van der Waals surface area (Å²) in [5.74, 6) is -0.554. The van der Waals surface area contributed by atoms with Gasteiger partial charge in [0.2, 0.25) is 21.8 Å². The molecule has 186 valence electrons. The maximum atomic E-state index is 13.2. The number of nitrogens with one attached hydrogen (secondary N) is 1. The molecule has 0 heterocycles. The van der Waals surface area contributed by atoms with Crippen LogP contribution in [0.25, 0.3) is 0 Å². The summed E-state index contributed by atoms with van der Waals surface area (Å²) in [6.45, 7) is 6.00. The van der Waals surface area contributed by atoms with Crippen molar-refractivity contribution in [2.24, 2.45) is 0 Å². The fourth-order valence-electron chi connectivity index (χ4n) is 3.56. The predicted octanol–water partition coefficient (Wildman–Crippen LogP) is 4.40. The van der Waals surface area contributed by atoms with E-state index in [1.807, 2.05) is 19.1 Å².